The van der Waals surface area contributed by atoms with Gasteiger partial charge in [0.1, 0.15) is 0 Å². The minimum atomic E-state index is 0.00744. The number of thiophene rings is 1. The molecule has 0 spiro atoms. The number of H-pyrrole nitrogens is 1. The number of amides is 1. The topological polar surface area (TPSA) is 70.7 Å². The number of hydrogen-bond acceptors (Lipinski definition) is 5. The van der Waals surface area contributed by atoms with Gasteiger partial charge in [-0.2, -0.15) is 0 Å². The normalized spacial score (nSPS) is 12.0. The number of rotatable bonds is 8. The molecule has 0 saturated heterocycles. The number of aryl methyl sites for hydroxylation is 1. The van der Waals surface area contributed by atoms with Crippen LogP contribution in [0.15, 0.2) is 53.0 Å². The van der Waals surface area contributed by atoms with E-state index in [2.05, 4.69) is 32.6 Å². The van der Waals surface area contributed by atoms with Crippen LogP contribution in [-0.2, 0) is 11.2 Å². The molecule has 0 fully saturated rings. The van der Waals surface area contributed by atoms with Gasteiger partial charge in [-0.1, -0.05) is 48.2 Å². The second-order valence-corrected chi connectivity index (χ2v) is 7.62. The fourth-order valence-electron chi connectivity index (χ4n) is 2.38. The van der Waals surface area contributed by atoms with E-state index >= 15 is 0 Å². The monoisotopic (exact) mass is 372 g/mol. The first-order valence-electron chi connectivity index (χ1n) is 8.13. The van der Waals surface area contributed by atoms with Crippen molar-refractivity contribution < 1.29 is 4.79 Å². The molecule has 3 rings (SSSR count). The third kappa shape index (κ3) is 5.44. The summed E-state index contributed by atoms with van der Waals surface area (Å²) in [6, 6.07) is 14.4. The number of aromatic amines is 1. The zero-order valence-electron chi connectivity index (χ0n) is 13.9. The highest BCUT2D eigenvalue weighted by atomic mass is 32.2. The largest absolute Gasteiger partial charge is 0.353 e. The second-order valence-electron chi connectivity index (χ2n) is 5.73. The standard InChI is InChI=1S/C18H20N4OS2/c1-13(9-10-14-6-3-2-4-7-14)19-16(23)12-25-18-20-17(21-22-18)15-8-5-11-24-15/h2-8,11,13H,9-10,12H2,1H3,(H,19,23)(H,20,21,22)/t13-/m1/s1. The van der Waals surface area contributed by atoms with Gasteiger partial charge in [0.15, 0.2) is 5.82 Å². The highest BCUT2D eigenvalue weighted by Crippen LogP contribution is 2.23. The quantitative estimate of drug-likeness (QED) is 0.591. The third-order valence-corrected chi connectivity index (χ3v) is 5.39. The summed E-state index contributed by atoms with van der Waals surface area (Å²) in [4.78, 5) is 17.5. The summed E-state index contributed by atoms with van der Waals surface area (Å²) < 4.78 is 0. The van der Waals surface area contributed by atoms with Gasteiger partial charge >= 0.3 is 0 Å². The highest BCUT2D eigenvalue weighted by molar-refractivity contribution is 7.99. The molecule has 5 nitrogen and oxygen atoms in total. The third-order valence-electron chi connectivity index (χ3n) is 3.67. The predicted octanol–water partition coefficient (Wildman–Crippen LogP) is 3.76. The van der Waals surface area contributed by atoms with Crippen LogP contribution in [0.1, 0.15) is 18.9 Å². The van der Waals surface area contributed by atoms with E-state index < -0.39 is 0 Å². The molecule has 0 aliphatic rings. The lowest BCUT2D eigenvalue weighted by atomic mass is 10.1. The fraction of sp³-hybridized carbons (Fsp3) is 0.278. The van der Waals surface area contributed by atoms with Crippen molar-refractivity contribution in [1.82, 2.24) is 20.5 Å². The Morgan fingerprint density at radius 2 is 2.12 bits per heavy atom. The van der Waals surface area contributed by atoms with Gasteiger partial charge in [-0.25, -0.2) is 4.98 Å². The Bertz CT molecular complexity index is 787. The Hall–Kier alpha value is -2.12. The maximum Gasteiger partial charge on any atom is 0.230 e. The molecular weight excluding hydrogens is 352 g/mol. The fourth-order valence-corrected chi connectivity index (χ4v) is 3.65. The molecule has 1 atom stereocenters. The molecule has 3 aromatic rings. The number of nitrogens with zero attached hydrogens (tertiary/aromatic N) is 2. The second kappa shape index (κ2) is 8.82. The summed E-state index contributed by atoms with van der Waals surface area (Å²) in [7, 11) is 0. The Morgan fingerprint density at radius 1 is 1.28 bits per heavy atom. The average molecular weight is 373 g/mol. The molecule has 0 unspecified atom stereocenters. The first kappa shape index (κ1) is 17.7. The molecule has 0 saturated carbocycles. The molecule has 2 N–H and O–H groups in total. The molecule has 0 aliphatic carbocycles. The van der Waals surface area contributed by atoms with Gasteiger partial charge in [-0.15, -0.1) is 16.4 Å². The van der Waals surface area contributed by atoms with Gasteiger partial charge < -0.3 is 5.32 Å². The van der Waals surface area contributed by atoms with Crippen LogP contribution in [0, 0.1) is 0 Å². The lowest BCUT2D eigenvalue weighted by molar-refractivity contribution is -0.119. The van der Waals surface area contributed by atoms with Crippen molar-refractivity contribution in [3.63, 3.8) is 0 Å². The van der Waals surface area contributed by atoms with E-state index in [-0.39, 0.29) is 11.9 Å². The summed E-state index contributed by atoms with van der Waals surface area (Å²) in [5.74, 6) is 1.07. The molecule has 2 heterocycles. The van der Waals surface area contributed by atoms with Crippen LogP contribution >= 0.6 is 23.1 Å². The van der Waals surface area contributed by atoms with E-state index in [9.17, 15) is 4.79 Å². The summed E-state index contributed by atoms with van der Waals surface area (Å²) in [5.41, 5.74) is 1.29. The first-order valence-corrected chi connectivity index (χ1v) is 9.99. The van der Waals surface area contributed by atoms with Crippen molar-refractivity contribution in [2.24, 2.45) is 0 Å². The minimum Gasteiger partial charge on any atom is -0.353 e. The predicted molar refractivity (Wildman–Crippen MR) is 103 cm³/mol. The van der Waals surface area contributed by atoms with E-state index in [1.807, 2.05) is 42.6 Å². The highest BCUT2D eigenvalue weighted by Gasteiger charge is 2.11. The zero-order chi connectivity index (χ0) is 17.5. The van der Waals surface area contributed by atoms with Crippen molar-refractivity contribution in [3.8, 4) is 10.7 Å². The van der Waals surface area contributed by atoms with Crippen LogP contribution in [0.4, 0.5) is 0 Å². The van der Waals surface area contributed by atoms with Gasteiger partial charge in [0.25, 0.3) is 0 Å². The Kier molecular flexibility index (Phi) is 6.25. The molecule has 0 radical (unpaired) electrons. The van der Waals surface area contributed by atoms with Gasteiger partial charge in [-0.3, -0.25) is 9.89 Å². The number of carbonyl (C=O) groups is 1. The SMILES string of the molecule is C[C@H](CCc1ccccc1)NC(=O)CSc1n[nH]c(-c2cccs2)n1. The van der Waals surface area contributed by atoms with Crippen LogP contribution in [0.3, 0.4) is 0 Å². The molecule has 25 heavy (non-hydrogen) atoms. The van der Waals surface area contributed by atoms with Crippen LogP contribution in [0.25, 0.3) is 10.7 Å². The van der Waals surface area contributed by atoms with E-state index in [0.29, 0.717) is 10.9 Å². The number of carbonyl (C=O) groups excluding carboxylic acids is 1. The lowest BCUT2D eigenvalue weighted by Crippen LogP contribution is -2.34. The van der Waals surface area contributed by atoms with E-state index in [4.69, 9.17) is 0 Å². The summed E-state index contributed by atoms with van der Waals surface area (Å²) in [6.45, 7) is 2.03. The number of benzene rings is 1. The van der Waals surface area contributed by atoms with Crippen molar-refractivity contribution in [2.45, 2.75) is 31.0 Å². The maximum atomic E-state index is 12.1. The van der Waals surface area contributed by atoms with Gasteiger partial charge in [0.05, 0.1) is 10.6 Å². The molecule has 7 heteroatoms. The number of aromatic nitrogens is 3. The summed E-state index contributed by atoms with van der Waals surface area (Å²) in [6.07, 6.45) is 1.88. The summed E-state index contributed by atoms with van der Waals surface area (Å²) >= 11 is 2.95. The molecule has 1 aromatic carbocycles. The number of nitrogens with one attached hydrogen (secondary N) is 2. The van der Waals surface area contributed by atoms with Crippen LogP contribution in [-0.4, -0.2) is 32.9 Å². The van der Waals surface area contributed by atoms with Gasteiger partial charge in [-0.05, 0) is 36.8 Å². The van der Waals surface area contributed by atoms with Crippen LogP contribution in [0.2, 0.25) is 0 Å². The molecule has 130 valence electrons. The Balaban J connectivity index is 1.40. The molecular formula is C18H20N4OS2. The van der Waals surface area contributed by atoms with Gasteiger partial charge in [0.2, 0.25) is 11.1 Å². The number of hydrogen-bond donors (Lipinski definition) is 2. The Morgan fingerprint density at radius 3 is 2.88 bits per heavy atom. The molecule has 2 aromatic heterocycles. The average Bonchev–Trinajstić information content (AvgIpc) is 3.30. The lowest BCUT2D eigenvalue weighted by Gasteiger charge is -2.13. The van der Waals surface area contributed by atoms with E-state index in [1.165, 1.54) is 17.3 Å². The van der Waals surface area contributed by atoms with Crippen molar-refractivity contribution >= 4 is 29.0 Å². The van der Waals surface area contributed by atoms with E-state index in [1.54, 1.807) is 11.3 Å². The summed E-state index contributed by atoms with van der Waals surface area (Å²) in [5, 5.41) is 12.7. The van der Waals surface area contributed by atoms with E-state index in [0.717, 1.165) is 23.5 Å². The molecule has 0 aliphatic heterocycles. The smallest absolute Gasteiger partial charge is 0.230 e. The first-order chi connectivity index (χ1) is 12.2. The zero-order valence-corrected chi connectivity index (χ0v) is 15.6. The van der Waals surface area contributed by atoms with Crippen molar-refractivity contribution in [1.29, 1.82) is 0 Å². The Labute approximate surface area is 155 Å². The van der Waals surface area contributed by atoms with Crippen LogP contribution < -0.4 is 5.32 Å². The van der Waals surface area contributed by atoms with Crippen molar-refractivity contribution in [2.75, 3.05) is 5.75 Å². The van der Waals surface area contributed by atoms with Crippen LogP contribution in [0.5, 0.6) is 0 Å². The minimum absolute atomic E-state index is 0.00744. The molecule has 1 amide bonds. The van der Waals surface area contributed by atoms with Crippen molar-refractivity contribution in [3.05, 3.63) is 53.4 Å². The molecule has 0 bridgehead atoms. The van der Waals surface area contributed by atoms with Gasteiger partial charge in [0, 0.05) is 6.04 Å². The number of thioether (sulfide) groups is 1. The maximum absolute atomic E-state index is 12.1.